The van der Waals surface area contributed by atoms with Crippen LogP contribution in [-0.2, 0) is 10.0 Å². The highest BCUT2D eigenvalue weighted by atomic mass is 35.5. The second-order valence-electron chi connectivity index (χ2n) is 8.36. The van der Waals surface area contributed by atoms with Crippen LogP contribution in [0.25, 0.3) is 0 Å². The van der Waals surface area contributed by atoms with Gasteiger partial charge in [-0.2, -0.15) is 5.10 Å². The number of hydrazone groups is 1. The summed E-state index contributed by atoms with van der Waals surface area (Å²) in [6, 6.07) is 29.3. The third kappa shape index (κ3) is 5.66. The van der Waals surface area contributed by atoms with Crippen LogP contribution in [0.5, 0.6) is 5.75 Å². The maximum atomic E-state index is 12.9. The van der Waals surface area contributed by atoms with Gasteiger partial charge in [0, 0.05) is 28.3 Å². The summed E-state index contributed by atoms with van der Waals surface area (Å²) in [6.07, 6.45) is 0.208. The number of carbonyl (C=O) groups excluding carboxylic acids is 1. The van der Waals surface area contributed by atoms with Crippen LogP contribution < -0.4 is 14.9 Å². The molecular weight excluding hydrogens is 510 g/mol. The molecule has 0 spiro atoms. The van der Waals surface area contributed by atoms with E-state index in [0.717, 1.165) is 11.1 Å². The Morgan fingerprint density at radius 2 is 1.62 bits per heavy atom. The molecule has 0 bridgehead atoms. The number of benzene rings is 4. The SMILES string of the molecule is O=C(N/N=C1/C[C@@H](c2ccccc2)Oc2ccccc21)c1cccc(S(=O)(=O)Nc2ccc(Cl)cc2)c1. The number of carbonyl (C=O) groups is 1. The zero-order valence-corrected chi connectivity index (χ0v) is 21.0. The van der Waals surface area contributed by atoms with Crippen molar-refractivity contribution in [3.8, 4) is 5.75 Å². The molecule has 37 heavy (non-hydrogen) atoms. The Kier molecular flexibility index (Phi) is 6.94. The highest BCUT2D eigenvalue weighted by Crippen LogP contribution is 2.35. The molecule has 7 nitrogen and oxygen atoms in total. The van der Waals surface area contributed by atoms with E-state index in [2.05, 4.69) is 15.2 Å². The zero-order valence-electron chi connectivity index (χ0n) is 19.5. The summed E-state index contributed by atoms with van der Waals surface area (Å²) >= 11 is 5.87. The predicted octanol–water partition coefficient (Wildman–Crippen LogP) is 5.80. The summed E-state index contributed by atoms with van der Waals surface area (Å²) in [7, 11) is -3.92. The van der Waals surface area contributed by atoms with Crippen LogP contribution in [0.2, 0.25) is 5.02 Å². The van der Waals surface area contributed by atoms with Gasteiger partial charge in [0.15, 0.2) is 0 Å². The number of rotatable bonds is 6. The number of para-hydroxylation sites is 1. The Morgan fingerprint density at radius 1 is 0.892 bits per heavy atom. The highest BCUT2D eigenvalue weighted by Gasteiger charge is 2.26. The number of halogens is 1. The van der Waals surface area contributed by atoms with Crippen molar-refractivity contribution in [1.29, 1.82) is 0 Å². The monoisotopic (exact) mass is 531 g/mol. The van der Waals surface area contributed by atoms with Gasteiger partial charge in [0.05, 0.1) is 10.6 Å². The van der Waals surface area contributed by atoms with E-state index in [-0.39, 0.29) is 16.6 Å². The minimum Gasteiger partial charge on any atom is -0.485 e. The van der Waals surface area contributed by atoms with E-state index < -0.39 is 15.9 Å². The molecule has 0 radical (unpaired) electrons. The maximum Gasteiger partial charge on any atom is 0.271 e. The molecule has 4 aromatic rings. The van der Waals surface area contributed by atoms with E-state index in [4.69, 9.17) is 16.3 Å². The highest BCUT2D eigenvalue weighted by molar-refractivity contribution is 7.92. The molecule has 186 valence electrons. The first-order valence-electron chi connectivity index (χ1n) is 11.5. The van der Waals surface area contributed by atoms with Crippen LogP contribution >= 0.6 is 11.6 Å². The quantitative estimate of drug-likeness (QED) is 0.307. The van der Waals surface area contributed by atoms with E-state index in [0.29, 0.717) is 28.6 Å². The van der Waals surface area contributed by atoms with Crippen LogP contribution in [0.15, 0.2) is 113 Å². The van der Waals surface area contributed by atoms with Crippen molar-refractivity contribution >= 4 is 38.9 Å². The molecule has 1 aliphatic rings. The normalized spacial score (nSPS) is 15.9. The third-order valence-corrected chi connectivity index (χ3v) is 7.44. The second-order valence-corrected chi connectivity index (χ2v) is 10.5. The first kappa shape index (κ1) is 24.5. The first-order chi connectivity index (χ1) is 17.9. The van der Waals surface area contributed by atoms with Crippen molar-refractivity contribution in [2.45, 2.75) is 17.4 Å². The summed E-state index contributed by atoms with van der Waals surface area (Å²) < 4.78 is 34.4. The summed E-state index contributed by atoms with van der Waals surface area (Å²) in [6.45, 7) is 0. The molecule has 0 unspecified atom stereocenters. The number of anilines is 1. The fraction of sp³-hybridized carbons (Fsp3) is 0.0714. The lowest BCUT2D eigenvalue weighted by Gasteiger charge is -2.27. The fourth-order valence-corrected chi connectivity index (χ4v) is 5.20. The molecule has 0 fully saturated rings. The van der Waals surface area contributed by atoms with E-state index in [1.807, 2.05) is 54.6 Å². The second kappa shape index (κ2) is 10.5. The standard InChI is InChI=1S/C28H22ClN3O4S/c29-21-13-15-22(16-14-21)32-37(34,35)23-10-6-9-20(17-23)28(33)31-30-25-18-27(19-7-2-1-3-8-19)36-26-12-5-4-11-24(25)26/h1-17,27,32H,18H2,(H,31,33)/b30-25-/t27-/m0/s1. The number of hydrogen-bond acceptors (Lipinski definition) is 5. The average Bonchev–Trinajstić information content (AvgIpc) is 2.93. The molecule has 9 heteroatoms. The molecule has 5 rings (SSSR count). The summed E-state index contributed by atoms with van der Waals surface area (Å²) in [4.78, 5) is 12.9. The third-order valence-electron chi connectivity index (χ3n) is 5.81. The Morgan fingerprint density at radius 3 is 2.41 bits per heavy atom. The molecule has 1 atom stereocenters. The van der Waals surface area contributed by atoms with E-state index >= 15 is 0 Å². The minimum absolute atomic E-state index is 0.0525. The molecule has 0 aromatic heterocycles. The Hall–Kier alpha value is -4.14. The van der Waals surface area contributed by atoms with Gasteiger partial charge in [-0.25, -0.2) is 13.8 Å². The van der Waals surface area contributed by atoms with Gasteiger partial charge in [0.2, 0.25) is 0 Å². The van der Waals surface area contributed by atoms with Crippen molar-refractivity contribution in [3.05, 3.63) is 125 Å². The molecule has 0 aliphatic carbocycles. The molecule has 1 aliphatic heterocycles. The van der Waals surface area contributed by atoms with Crippen LogP contribution in [-0.4, -0.2) is 20.0 Å². The lowest BCUT2D eigenvalue weighted by molar-refractivity contribution is 0.0954. The van der Waals surface area contributed by atoms with Crippen molar-refractivity contribution < 1.29 is 17.9 Å². The van der Waals surface area contributed by atoms with E-state index in [1.165, 1.54) is 24.3 Å². The molecule has 0 saturated heterocycles. The topological polar surface area (TPSA) is 96.9 Å². The number of nitrogens with zero attached hydrogens (tertiary/aromatic N) is 1. The molecule has 1 amide bonds. The van der Waals surface area contributed by atoms with Gasteiger partial charge in [-0.3, -0.25) is 9.52 Å². The molecule has 2 N–H and O–H groups in total. The molecular formula is C28H22ClN3O4S. The number of fused-ring (bicyclic) bond motifs is 1. The number of nitrogens with one attached hydrogen (secondary N) is 2. The van der Waals surface area contributed by atoms with Gasteiger partial charge < -0.3 is 4.74 Å². The number of sulfonamides is 1. The number of amides is 1. The number of hydrogen-bond donors (Lipinski definition) is 2. The zero-order chi connectivity index (χ0) is 25.8. The van der Waals surface area contributed by atoms with Gasteiger partial charge >= 0.3 is 0 Å². The largest absolute Gasteiger partial charge is 0.485 e. The molecule has 1 heterocycles. The van der Waals surface area contributed by atoms with Crippen molar-refractivity contribution in [2.75, 3.05) is 4.72 Å². The number of ether oxygens (including phenoxy) is 1. The predicted molar refractivity (Wildman–Crippen MR) is 144 cm³/mol. The van der Waals surface area contributed by atoms with Gasteiger partial charge in [0.25, 0.3) is 15.9 Å². The van der Waals surface area contributed by atoms with E-state index in [9.17, 15) is 13.2 Å². The maximum absolute atomic E-state index is 12.9. The van der Waals surface area contributed by atoms with Crippen LogP contribution in [0.4, 0.5) is 5.69 Å². The van der Waals surface area contributed by atoms with Crippen LogP contribution in [0.3, 0.4) is 0 Å². The Balaban J connectivity index is 1.36. The lowest BCUT2D eigenvalue weighted by atomic mass is 9.96. The van der Waals surface area contributed by atoms with E-state index in [1.54, 1.807) is 24.3 Å². The minimum atomic E-state index is -3.92. The lowest BCUT2D eigenvalue weighted by Crippen LogP contribution is -2.25. The fourth-order valence-electron chi connectivity index (χ4n) is 3.97. The smallest absolute Gasteiger partial charge is 0.271 e. The van der Waals surface area contributed by atoms with Gasteiger partial charge in [0.1, 0.15) is 11.9 Å². The average molecular weight is 532 g/mol. The van der Waals surface area contributed by atoms with Crippen LogP contribution in [0, 0.1) is 0 Å². The summed E-state index contributed by atoms with van der Waals surface area (Å²) in [5.74, 6) is 0.147. The van der Waals surface area contributed by atoms with Gasteiger partial charge in [-0.05, 0) is 60.2 Å². The van der Waals surface area contributed by atoms with Crippen molar-refractivity contribution in [3.63, 3.8) is 0 Å². The first-order valence-corrected chi connectivity index (χ1v) is 13.3. The summed E-state index contributed by atoms with van der Waals surface area (Å²) in [5.41, 5.74) is 5.55. The van der Waals surface area contributed by atoms with Crippen molar-refractivity contribution in [1.82, 2.24) is 5.43 Å². The molecule has 0 saturated carbocycles. The molecule has 4 aromatic carbocycles. The summed E-state index contributed by atoms with van der Waals surface area (Å²) in [5, 5.41) is 4.90. The Labute approximate surface area is 219 Å². The van der Waals surface area contributed by atoms with Gasteiger partial charge in [-0.15, -0.1) is 0 Å². The Bertz CT molecular complexity index is 1570. The van der Waals surface area contributed by atoms with Crippen molar-refractivity contribution in [2.24, 2.45) is 5.10 Å². The van der Waals surface area contributed by atoms with Crippen LogP contribution in [0.1, 0.15) is 34.0 Å². The van der Waals surface area contributed by atoms with Gasteiger partial charge in [-0.1, -0.05) is 60.1 Å².